The predicted molar refractivity (Wildman–Crippen MR) is 95.8 cm³/mol. The Morgan fingerprint density at radius 2 is 1.76 bits per heavy atom. The summed E-state index contributed by atoms with van der Waals surface area (Å²) >= 11 is 0. The van der Waals surface area contributed by atoms with Crippen molar-refractivity contribution in [1.29, 1.82) is 0 Å². The highest BCUT2D eigenvalue weighted by Crippen LogP contribution is 2.42. The molecular weight excluding hydrogens is 252 g/mol. The molecule has 0 unspecified atom stereocenters. The minimum absolute atomic E-state index is 0.727. The van der Waals surface area contributed by atoms with Gasteiger partial charge in [-0.1, -0.05) is 56.6 Å². The molecule has 21 heavy (non-hydrogen) atoms. The van der Waals surface area contributed by atoms with Crippen LogP contribution in [0.15, 0.2) is 19.2 Å². The molecule has 0 saturated heterocycles. The topological polar surface area (TPSA) is 0 Å². The summed E-state index contributed by atoms with van der Waals surface area (Å²) in [6.07, 6.45) is 7.73. The zero-order valence-corrected chi connectivity index (χ0v) is 14.3. The molecule has 1 aliphatic carbocycles. The fourth-order valence-electron chi connectivity index (χ4n) is 4.06. The van der Waals surface area contributed by atoms with E-state index in [0.29, 0.717) is 0 Å². The summed E-state index contributed by atoms with van der Waals surface area (Å²) in [7, 11) is 0. The summed E-state index contributed by atoms with van der Waals surface area (Å²) in [4.78, 5) is 0. The SMILES string of the molecule is C=C(C)c1cc(CCC)c(C(=C)C)c(C)c1C1CCCC1. The van der Waals surface area contributed by atoms with Gasteiger partial charge < -0.3 is 0 Å². The Bertz CT molecular complexity index is 554. The summed E-state index contributed by atoms with van der Waals surface area (Å²) in [6.45, 7) is 17.4. The quantitative estimate of drug-likeness (QED) is 0.565. The number of rotatable bonds is 5. The summed E-state index contributed by atoms with van der Waals surface area (Å²) < 4.78 is 0. The largest absolute Gasteiger partial charge is 0.0955 e. The van der Waals surface area contributed by atoms with Gasteiger partial charge in [0.2, 0.25) is 0 Å². The summed E-state index contributed by atoms with van der Waals surface area (Å²) in [5, 5.41) is 0. The molecule has 0 nitrogen and oxygen atoms in total. The van der Waals surface area contributed by atoms with Crippen molar-refractivity contribution in [2.45, 2.75) is 72.1 Å². The van der Waals surface area contributed by atoms with E-state index in [1.54, 1.807) is 5.56 Å². The first-order chi connectivity index (χ1) is 9.97. The number of hydrogen-bond acceptors (Lipinski definition) is 0. The molecule has 0 heterocycles. The van der Waals surface area contributed by atoms with Gasteiger partial charge in [0.05, 0.1) is 0 Å². The maximum Gasteiger partial charge on any atom is -0.0153 e. The molecule has 1 saturated carbocycles. The normalized spacial score (nSPS) is 15.4. The highest BCUT2D eigenvalue weighted by molar-refractivity contribution is 5.76. The van der Waals surface area contributed by atoms with E-state index in [1.165, 1.54) is 65.5 Å². The molecule has 1 fully saturated rings. The number of benzene rings is 1. The average molecular weight is 282 g/mol. The van der Waals surface area contributed by atoms with Crippen molar-refractivity contribution in [3.8, 4) is 0 Å². The summed E-state index contributed by atoms with van der Waals surface area (Å²) in [6, 6.07) is 2.41. The second-order valence-corrected chi connectivity index (χ2v) is 6.79. The monoisotopic (exact) mass is 282 g/mol. The molecule has 114 valence electrons. The first-order valence-electron chi connectivity index (χ1n) is 8.45. The first kappa shape index (κ1) is 16.1. The Labute approximate surface area is 131 Å². The van der Waals surface area contributed by atoms with E-state index < -0.39 is 0 Å². The van der Waals surface area contributed by atoms with E-state index in [9.17, 15) is 0 Å². The van der Waals surface area contributed by atoms with Gasteiger partial charge in [-0.2, -0.15) is 0 Å². The third-order valence-corrected chi connectivity index (χ3v) is 4.88. The van der Waals surface area contributed by atoms with Crippen molar-refractivity contribution in [2.24, 2.45) is 0 Å². The van der Waals surface area contributed by atoms with Crippen LogP contribution in [-0.2, 0) is 6.42 Å². The maximum atomic E-state index is 4.25. The lowest BCUT2D eigenvalue weighted by atomic mass is 9.80. The van der Waals surface area contributed by atoms with Crippen molar-refractivity contribution < 1.29 is 0 Å². The van der Waals surface area contributed by atoms with E-state index in [-0.39, 0.29) is 0 Å². The van der Waals surface area contributed by atoms with E-state index >= 15 is 0 Å². The van der Waals surface area contributed by atoms with Gasteiger partial charge in [-0.05, 0) is 73.8 Å². The van der Waals surface area contributed by atoms with E-state index in [1.807, 2.05) is 0 Å². The van der Waals surface area contributed by atoms with Gasteiger partial charge in [-0.3, -0.25) is 0 Å². The number of hydrogen-bond donors (Lipinski definition) is 0. The minimum atomic E-state index is 0.727. The maximum absolute atomic E-state index is 4.25. The van der Waals surface area contributed by atoms with Gasteiger partial charge in [-0.25, -0.2) is 0 Å². The van der Waals surface area contributed by atoms with Gasteiger partial charge in [0, 0.05) is 0 Å². The van der Waals surface area contributed by atoms with Gasteiger partial charge in [-0.15, -0.1) is 0 Å². The lowest BCUT2D eigenvalue weighted by Crippen LogP contribution is -2.07. The van der Waals surface area contributed by atoms with Crippen LogP contribution in [0, 0.1) is 6.92 Å². The molecule has 0 heteroatoms. The Balaban J connectivity index is 2.69. The second-order valence-electron chi connectivity index (χ2n) is 6.79. The molecule has 0 spiro atoms. The molecule has 0 atom stereocenters. The number of aryl methyl sites for hydroxylation is 1. The average Bonchev–Trinajstić information content (AvgIpc) is 2.91. The molecule has 0 amide bonds. The van der Waals surface area contributed by atoms with Crippen molar-refractivity contribution in [2.75, 3.05) is 0 Å². The van der Waals surface area contributed by atoms with Gasteiger partial charge in [0.1, 0.15) is 0 Å². The van der Waals surface area contributed by atoms with Gasteiger partial charge in [0.15, 0.2) is 0 Å². The van der Waals surface area contributed by atoms with Crippen LogP contribution in [0.5, 0.6) is 0 Å². The van der Waals surface area contributed by atoms with Crippen LogP contribution in [0.4, 0.5) is 0 Å². The van der Waals surface area contributed by atoms with Crippen LogP contribution in [-0.4, -0.2) is 0 Å². The molecule has 2 rings (SSSR count). The molecule has 0 N–H and O–H groups in total. The molecule has 0 bridgehead atoms. The zero-order valence-electron chi connectivity index (χ0n) is 14.3. The fourth-order valence-corrected chi connectivity index (χ4v) is 4.06. The van der Waals surface area contributed by atoms with Crippen LogP contribution >= 0.6 is 0 Å². The van der Waals surface area contributed by atoms with Crippen LogP contribution in [0.25, 0.3) is 11.1 Å². The Hall–Kier alpha value is -1.30. The molecule has 0 aromatic heterocycles. The highest BCUT2D eigenvalue weighted by Gasteiger charge is 2.24. The van der Waals surface area contributed by atoms with E-state index in [4.69, 9.17) is 0 Å². The van der Waals surface area contributed by atoms with Gasteiger partial charge in [0.25, 0.3) is 0 Å². The molecule has 0 aliphatic heterocycles. The summed E-state index contributed by atoms with van der Waals surface area (Å²) in [5.41, 5.74) is 9.75. The van der Waals surface area contributed by atoms with Crippen LogP contribution < -0.4 is 0 Å². The summed E-state index contributed by atoms with van der Waals surface area (Å²) in [5.74, 6) is 0.727. The first-order valence-corrected chi connectivity index (χ1v) is 8.45. The van der Waals surface area contributed by atoms with Crippen LogP contribution in [0.2, 0.25) is 0 Å². The minimum Gasteiger partial charge on any atom is -0.0955 e. The third kappa shape index (κ3) is 3.15. The smallest absolute Gasteiger partial charge is 0.0153 e. The van der Waals surface area contributed by atoms with Crippen LogP contribution in [0.1, 0.15) is 86.6 Å². The van der Waals surface area contributed by atoms with Crippen molar-refractivity contribution in [1.82, 2.24) is 0 Å². The Morgan fingerprint density at radius 1 is 1.14 bits per heavy atom. The van der Waals surface area contributed by atoms with Crippen molar-refractivity contribution in [3.05, 3.63) is 47.0 Å². The van der Waals surface area contributed by atoms with Crippen molar-refractivity contribution in [3.63, 3.8) is 0 Å². The van der Waals surface area contributed by atoms with Gasteiger partial charge >= 0.3 is 0 Å². The molecular formula is C21H30. The lowest BCUT2D eigenvalue weighted by Gasteiger charge is -2.24. The molecule has 1 aromatic rings. The Morgan fingerprint density at radius 3 is 2.24 bits per heavy atom. The molecule has 1 aromatic carbocycles. The standard InChI is InChI=1S/C21H30/c1-7-10-18-13-19(14(2)3)21(17-11-8-9-12-17)16(6)20(18)15(4)5/h13,17H,2,4,7-12H2,1,3,5-6H3. The highest BCUT2D eigenvalue weighted by atomic mass is 14.3. The van der Waals surface area contributed by atoms with Crippen LogP contribution in [0.3, 0.4) is 0 Å². The predicted octanol–water partition coefficient (Wildman–Crippen LogP) is 6.67. The second kappa shape index (κ2) is 6.64. The molecule has 1 aliphatic rings. The molecule has 0 radical (unpaired) electrons. The lowest BCUT2D eigenvalue weighted by molar-refractivity contribution is 0.714. The third-order valence-electron chi connectivity index (χ3n) is 4.88. The zero-order chi connectivity index (χ0) is 15.6. The van der Waals surface area contributed by atoms with E-state index in [0.717, 1.165) is 12.3 Å². The number of allylic oxidation sites excluding steroid dienone is 2. The fraction of sp³-hybridized carbons (Fsp3) is 0.524. The Kier molecular flexibility index (Phi) is 5.08. The van der Waals surface area contributed by atoms with Crippen molar-refractivity contribution >= 4 is 11.1 Å². The van der Waals surface area contributed by atoms with E-state index in [2.05, 4.69) is 46.9 Å².